The van der Waals surface area contributed by atoms with Gasteiger partial charge in [-0.05, 0) is 61.9 Å². The quantitative estimate of drug-likeness (QED) is 0.552. The first-order valence-corrected chi connectivity index (χ1v) is 12.9. The van der Waals surface area contributed by atoms with Crippen LogP contribution in [-0.2, 0) is 6.42 Å². The van der Waals surface area contributed by atoms with Crippen LogP contribution in [0.4, 0.5) is 11.4 Å². The molecule has 0 spiro atoms. The summed E-state index contributed by atoms with van der Waals surface area (Å²) < 4.78 is 0. The summed E-state index contributed by atoms with van der Waals surface area (Å²) in [5.74, 6) is 0.831. The number of benzene rings is 1. The summed E-state index contributed by atoms with van der Waals surface area (Å²) in [6.07, 6.45) is 5.08. The van der Waals surface area contributed by atoms with Gasteiger partial charge in [-0.15, -0.1) is 11.3 Å². The number of nitrogen functional groups attached to an aromatic ring is 1. The molecule has 1 amide bonds. The third-order valence-corrected chi connectivity index (χ3v) is 8.17. The number of carbonyl (C=O) groups excluding carboxylic acids is 1. The topological polar surface area (TPSA) is 74.5 Å². The second-order valence-corrected chi connectivity index (χ2v) is 10.4. The molecule has 3 N–H and O–H groups in total. The van der Waals surface area contributed by atoms with Crippen molar-refractivity contribution in [3.63, 3.8) is 0 Å². The van der Waals surface area contributed by atoms with Gasteiger partial charge in [-0.1, -0.05) is 18.6 Å². The highest BCUT2D eigenvalue weighted by molar-refractivity contribution is 7.21. The number of hydrogen-bond acceptors (Lipinski definition) is 6. The number of rotatable bonds is 7. The average Bonchev–Trinajstić information content (AvgIpc) is 3.13. The fraction of sp³-hybridized carbons (Fsp3) is 0.462. The minimum Gasteiger partial charge on any atom is -0.397 e. The van der Waals surface area contributed by atoms with Gasteiger partial charge in [-0.3, -0.25) is 9.69 Å². The number of hydrogen-bond donors (Lipinski definition) is 2. The van der Waals surface area contributed by atoms with Gasteiger partial charge < -0.3 is 16.0 Å². The monoisotopic (exact) mass is 463 g/mol. The molecule has 1 saturated heterocycles. The van der Waals surface area contributed by atoms with Crippen LogP contribution in [0.1, 0.15) is 40.2 Å². The molecule has 6 nitrogen and oxygen atoms in total. The van der Waals surface area contributed by atoms with E-state index in [1.165, 1.54) is 61.5 Å². The Bertz CT molecular complexity index is 1110. The van der Waals surface area contributed by atoms with E-state index in [1.54, 1.807) is 0 Å². The molecule has 7 heteroatoms. The number of anilines is 2. The summed E-state index contributed by atoms with van der Waals surface area (Å²) >= 11 is 1.36. The van der Waals surface area contributed by atoms with Crippen molar-refractivity contribution in [3.8, 4) is 0 Å². The van der Waals surface area contributed by atoms with E-state index < -0.39 is 0 Å². The molecular formula is C26H33N5OS. The Balaban J connectivity index is 1.10. The van der Waals surface area contributed by atoms with Crippen LogP contribution in [0.25, 0.3) is 10.2 Å². The predicted molar refractivity (Wildman–Crippen MR) is 137 cm³/mol. The summed E-state index contributed by atoms with van der Waals surface area (Å²) in [5.41, 5.74) is 10.2. The number of aryl methyl sites for hydroxylation is 1. The predicted octanol–water partition coefficient (Wildman–Crippen LogP) is 4.08. The first-order chi connectivity index (χ1) is 16.1. The number of piperazine rings is 1. The smallest absolute Gasteiger partial charge is 0.263 e. The number of pyridine rings is 1. The standard InChI is InChI=1S/C26H33N5OS/c1-18-5-10-22-23(27)24(33-26(22)29-18)25(32)28-12-11-19-6-8-21(9-7-19)31-15-13-30(14-16-31)17-20-3-2-4-20/h5-10,20H,2-4,11-17,27H2,1H3,(H,28,32). The lowest BCUT2D eigenvalue weighted by atomic mass is 9.85. The maximum Gasteiger partial charge on any atom is 0.263 e. The van der Waals surface area contributed by atoms with Crippen LogP contribution in [0, 0.1) is 12.8 Å². The second-order valence-electron chi connectivity index (χ2n) is 9.41. The van der Waals surface area contributed by atoms with E-state index in [1.807, 2.05) is 19.1 Å². The minimum atomic E-state index is -0.121. The van der Waals surface area contributed by atoms with Crippen LogP contribution in [0.2, 0.25) is 0 Å². The van der Waals surface area contributed by atoms with E-state index in [0.29, 0.717) is 17.1 Å². The van der Waals surface area contributed by atoms with E-state index in [0.717, 1.165) is 41.3 Å². The van der Waals surface area contributed by atoms with Crippen molar-refractivity contribution in [2.24, 2.45) is 5.92 Å². The lowest BCUT2D eigenvalue weighted by Crippen LogP contribution is -2.48. The van der Waals surface area contributed by atoms with Gasteiger partial charge in [-0.25, -0.2) is 4.98 Å². The number of nitrogens with two attached hydrogens (primary N) is 1. The Kier molecular flexibility index (Phi) is 6.51. The number of fused-ring (bicyclic) bond motifs is 1. The lowest BCUT2D eigenvalue weighted by molar-refractivity contribution is 0.0959. The fourth-order valence-electron chi connectivity index (χ4n) is 4.76. The minimum absolute atomic E-state index is 0.121. The van der Waals surface area contributed by atoms with E-state index in [4.69, 9.17) is 5.73 Å². The highest BCUT2D eigenvalue weighted by Gasteiger charge is 2.23. The SMILES string of the molecule is Cc1ccc2c(N)c(C(=O)NCCc3ccc(N4CCN(CC5CCC5)CC4)cc3)sc2n1. The zero-order chi connectivity index (χ0) is 22.8. The molecule has 1 aliphatic carbocycles. The zero-order valence-corrected chi connectivity index (χ0v) is 20.2. The number of carbonyl (C=O) groups is 1. The van der Waals surface area contributed by atoms with Crippen molar-refractivity contribution in [1.29, 1.82) is 0 Å². The van der Waals surface area contributed by atoms with Gasteiger partial charge in [0.25, 0.3) is 5.91 Å². The van der Waals surface area contributed by atoms with Crippen molar-refractivity contribution in [3.05, 3.63) is 52.5 Å². The van der Waals surface area contributed by atoms with Crippen molar-refractivity contribution in [2.75, 3.05) is 49.9 Å². The Hall–Kier alpha value is -2.64. The van der Waals surface area contributed by atoms with E-state index in [9.17, 15) is 4.79 Å². The van der Waals surface area contributed by atoms with E-state index in [-0.39, 0.29) is 5.91 Å². The number of amides is 1. The van der Waals surface area contributed by atoms with Gasteiger partial charge in [-0.2, -0.15) is 0 Å². The van der Waals surface area contributed by atoms with Gasteiger partial charge in [0.15, 0.2) is 0 Å². The summed E-state index contributed by atoms with van der Waals surface area (Å²) in [7, 11) is 0. The molecule has 3 heterocycles. The van der Waals surface area contributed by atoms with Gasteiger partial charge >= 0.3 is 0 Å². The summed E-state index contributed by atoms with van der Waals surface area (Å²) in [4.78, 5) is 23.7. The van der Waals surface area contributed by atoms with Crippen molar-refractivity contribution in [2.45, 2.75) is 32.6 Å². The number of aromatic nitrogens is 1. The van der Waals surface area contributed by atoms with Crippen molar-refractivity contribution in [1.82, 2.24) is 15.2 Å². The van der Waals surface area contributed by atoms with Crippen molar-refractivity contribution >= 4 is 38.8 Å². The van der Waals surface area contributed by atoms with Gasteiger partial charge in [0.1, 0.15) is 9.71 Å². The molecule has 0 bridgehead atoms. The van der Waals surface area contributed by atoms with Crippen molar-refractivity contribution < 1.29 is 4.79 Å². The van der Waals surface area contributed by atoms with Crippen LogP contribution in [0.3, 0.4) is 0 Å². The Morgan fingerprint density at radius 2 is 1.88 bits per heavy atom. The maximum absolute atomic E-state index is 12.7. The molecular weight excluding hydrogens is 430 g/mol. The van der Waals surface area contributed by atoms with Crippen LogP contribution in [-0.4, -0.2) is 55.1 Å². The van der Waals surface area contributed by atoms with Gasteiger partial charge in [0.2, 0.25) is 0 Å². The third kappa shape index (κ3) is 4.99. The van der Waals surface area contributed by atoms with Crippen LogP contribution in [0.15, 0.2) is 36.4 Å². The van der Waals surface area contributed by atoms with Gasteiger partial charge in [0, 0.05) is 56.0 Å². The molecule has 2 fully saturated rings. The summed E-state index contributed by atoms with van der Waals surface area (Å²) in [5, 5.41) is 3.88. The third-order valence-electron chi connectivity index (χ3n) is 7.05. The maximum atomic E-state index is 12.7. The largest absolute Gasteiger partial charge is 0.397 e. The highest BCUT2D eigenvalue weighted by Crippen LogP contribution is 2.32. The molecule has 2 aliphatic rings. The molecule has 0 atom stereocenters. The normalized spacial score (nSPS) is 17.3. The molecule has 0 radical (unpaired) electrons. The molecule has 1 saturated carbocycles. The molecule has 1 aromatic carbocycles. The molecule has 3 aromatic rings. The Morgan fingerprint density at radius 1 is 1.12 bits per heavy atom. The molecule has 33 heavy (non-hydrogen) atoms. The molecule has 2 aromatic heterocycles. The van der Waals surface area contributed by atoms with Crippen LogP contribution < -0.4 is 16.0 Å². The summed E-state index contributed by atoms with van der Waals surface area (Å²) in [6.45, 7) is 8.36. The first-order valence-electron chi connectivity index (χ1n) is 12.1. The first kappa shape index (κ1) is 22.2. The number of nitrogens with zero attached hydrogens (tertiary/aromatic N) is 3. The van der Waals surface area contributed by atoms with Gasteiger partial charge in [0.05, 0.1) is 5.69 Å². The molecule has 1 aliphatic heterocycles. The van der Waals surface area contributed by atoms with Crippen LogP contribution in [0.5, 0.6) is 0 Å². The lowest BCUT2D eigenvalue weighted by Gasteiger charge is -2.39. The molecule has 174 valence electrons. The fourth-order valence-corrected chi connectivity index (χ4v) is 5.82. The van der Waals surface area contributed by atoms with E-state index >= 15 is 0 Å². The molecule has 5 rings (SSSR count). The number of nitrogens with one attached hydrogen (secondary N) is 1. The Labute approximate surface area is 199 Å². The summed E-state index contributed by atoms with van der Waals surface area (Å²) in [6, 6.07) is 12.7. The molecule has 0 unspecified atom stereocenters. The second kappa shape index (κ2) is 9.69. The zero-order valence-electron chi connectivity index (χ0n) is 19.3. The highest BCUT2D eigenvalue weighted by atomic mass is 32.1. The average molecular weight is 464 g/mol. The van der Waals surface area contributed by atoms with E-state index in [2.05, 4.69) is 44.4 Å². The Morgan fingerprint density at radius 3 is 2.58 bits per heavy atom. The van der Waals surface area contributed by atoms with Crippen LogP contribution >= 0.6 is 11.3 Å². The number of thiophene rings is 1.